The molecule has 2 aromatic rings. The Bertz CT molecular complexity index is 643. The van der Waals surface area contributed by atoms with Crippen LogP contribution in [0.1, 0.15) is 32.3 Å². The van der Waals surface area contributed by atoms with E-state index in [4.69, 9.17) is 5.26 Å². The number of nitrogens with one attached hydrogen (secondary N) is 1. The molecule has 0 saturated carbocycles. The second-order valence-corrected chi connectivity index (χ2v) is 4.91. The van der Waals surface area contributed by atoms with Crippen LogP contribution in [-0.2, 0) is 0 Å². The molecule has 0 fully saturated rings. The van der Waals surface area contributed by atoms with Gasteiger partial charge in [0.15, 0.2) is 5.82 Å². The fraction of sp³-hybridized carbons (Fsp3) is 0.375. The van der Waals surface area contributed by atoms with E-state index in [1.807, 2.05) is 18.2 Å². The monoisotopic (exact) mass is 296 g/mol. The van der Waals surface area contributed by atoms with Gasteiger partial charge in [-0.25, -0.2) is 0 Å². The number of anilines is 3. The Morgan fingerprint density at radius 1 is 1.18 bits per heavy atom. The fourth-order valence-electron chi connectivity index (χ4n) is 2.19. The van der Waals surface area contributed by atoms with Crippen LogP contribution in [0, 0.1) is 11.3 Å². The number of nitriles is 1. The number of hydrogen-bond donors (Lipinski definition) is 1. The second-order valence-electron chi connectivity index (χ2n) is 4.91. The standard InChI is InChI=1S/C16H20N6/c1-3-9-22(10-4-2)15-12-18-21-16(20-15)19-14-8-6-5-7-13(14)11-17/h5-8,12H,3-4,9-10H2,1-2H3,(H,19,20,21). The number of benzene rings is 1. The lowest BCUT2D eigenvalue weighted by Crippen LogP contribution is -2.26. The van der Waals surface area contributed by atoms with Gasteiger partial charge in [0.05, 0.1) is 17.4 Å². The lowest BCUT2D eigenvalue weighted by molar-refractivity contribution is 0.728. The minimum atomic E-state index is 0.400. The Morgan fingerprint density at radius 2 is 1.91 bits per heavy atom. The van der Waals surface area contributed by atoms with Crippen LogP contribution in [0.3, 0.4) is 0 Å². The number of para-hydroxylation sites is 1. The van der Waals surface area contributed by atoms with Crippen molar-refractivity contribution in [1.82, 2.24) is 15.2 Å². The molecule has 1 N–H and O–H groups in total. The molecule has 22 heavy (non-hydrogen) atoms. The normalized spacial score (nSPS) is 10.0. The first kappa shape index (κ1) is 15.7. The zero-order valence-electron chi connectivity index (χ0n) is 13.0. The number of rotatable bonds is 7. The van der Waals surface area contributed by atoms with Crippen LogP contribution in [-0.4, -0.2) is 28.3 Å². The maximum absolute atomic E-state index is 9.12. The topological polar surface area (TPSA) is 77.7 Å². The quantitative estimate of drug-likeness (QED) is 0.846. The van der Waals surface area contributed by atoms with E-state index < -0.39 is 0 Å². The molecule has 0 aliphatic carbocycles. The molecule has 1 aromatic carbocycles. The summed E-state index contributed by atoms with van der Waals surface area (Å²) in [5.41, 5.74) is 1.23. The zero-order valence-corrected chi connectivity index (χ0v) is 13.0. The predicted molar refractivity (Wildman–Crippen MR) is 87.1 cm³/mol. The summed E-state index contributed by atoms with van der Waals surface area (Å²) in [5.74, 6) is 1.20. The number of aromatic nitrogens is 3. The van der Waals surface area contributed by atoms with Crippen molar-refractivity contribution in [1.29, 1.82) is 5.26 Å². The highest BCUT2D eigenvalue weighted by Crippen LogP contribution is 2.19. The molecule has 6 nitrogen and oxygen atoms in total. The minimum Gasteiger partial charge on any atom is -0.355 e. The Kier molecular flexibility index (Phi) is 5.66. The zero-order chi connectivity index (χ0) is 15.8. The average Bonchev–Trinajstić information content (AvgIpc) is 2.55. The molecular weight excluding hydrogens is 276 g/mol. The molecule has 6 heteroatoms. The van der Waals surface area contributed by atoms with Gasteiger partial charge in [-0.1, -0.05) is 26.0 Å². The Balaban J connectivity index is 2.22. The summed E-state index contributed by atoms with van der Waals surface area (Å²) in [6.07, 6.45) is 3.76. The van der Waals surface area contributed by atoms with E-state index in [2.05, 4.69) is 45.3 Å². The van der Waals surface area contributed by atoms with Crippen molar-refractivity contribution in [2.24, 2.45) is 0 Å². The van der Waals surface area contributed by atoms with Gasteiger partial charge in [0.2, 0.25) is 5.95 Å². The molecule has 1 aromatic heterocycles. The van der Waals surface area contributed by atoms with E-state index in [1.165, 1.54) is 0 Å². The maximum Gasteiger partial charge on any atom is 0.249 e. The van der Waals surface area contributed by atoms with E-state index in [-0.39, 0.29) is 0 Å². The highest BCUT2D eigenvalue weighted by molar-refractivity contribution is 5.63. The molecular formula is C16H20N6. The molecule has 2 rings (SSSR count). The lowest BCUT2D eigenvalue weighted by Gasteiger charge is -2.22. The highest BCUT2D eigenvalue weighted by atomic mass is 15.3. The van der Waals surface area contributed by atoms with Crippen LogP contribution < -0.4 is 10.2 Å². The summed E-state index contributed by atoms with van der Waals surface area (Å²) < 4.78 is 0. The largest absolute Gasteiger partial charge is 0.355 e. The lowest BCUT2D eigenvalue weighted by atomic mass is 10.2. The summed E-state index contributed by atoms with van der Waals surface area (Å²) >= 11 is 0. The van der Waals surface area contributed by atoms with Crippen LogP contribution in [0.15, 0.2) is 30.5 Å². The molecule has 0 spiro atoms. The molecule has 0 atom stereocenters. The van der Waals surface area contributed by atoms with Gasteiger partial charge in [0.25, 0.3) is 0 Å². The van der Waals surface area contributed by atoms with E-state index in [9.17, 15) is 0 Å². The molecule has 0 radical (unpaired) electrons. The summed E-state index contributed by atoms with van der Waals surface area (Å²) in [6.45, 7) is 6.14. The Labute approximate surface area is 130 Å². The molecule has 0 saturated heterocycles. The van der Waals surface area contributed by atoms with Crippen LogP contribution in [0.5, 0.6) is 0 Å². The van der Waals surface area contributed by atoms with Crippen molar-refractivity contribution < 1.29 is 0 Å². The van der Waals surface area contributed by atoms with Gasteiger partial charge in [0.1, 0.15) is 6.07 Å². The van der Waals surface area contributed by atoms with Crippen LogP contribution in [0.2, 0.25) is 0 Å². The first-order valence-electron chi connectivity index (χ1n) is 7.49. The fourth-order valence-corrected chi connectivity index (χ4v) is 2.19. The highest BCUT2D eigenvalue weighted by Gasteiger charge is 2.09. The van der Waals surface area contributed by atoms with Crippen LogP contribution in [0.25, 0.3) is 0 Å². The number of hydrogen-bond acceptors (Lipinski definition) is 6. The first-order chi connectivity index (χ1) is 10.8. The maximum atomic E-state index is 9.12. The third kappa shape index (κ3) is 3.92. The van der Waals surface area contributed by atoms with Crippen molar-refractivity contribution in [2.45, 2.75) is 26.7 Å². The SMILES string of the molecule is CCCN(CCC)c1cnnc(Nc2ccccc2C#N)n1. The molecule has 0 amide bonds. The first-order valence-corrected chi connectivity index (χ1v) is 7.49. The average molecular weight is 296 g/mol. The molecule has 0 bridgehead atoms. The van der Waals surface area contributed by atoms with Gasteiger partial charge in [-0.05, 0) is 25.0 Å². The Morgan fingerprint density at radius 3 is 2.59 bits per heavy atom. The Hall–Kier alpha value is -2.68. The van der Waals surface area contributed by atoms with Gasteiger partial charge < -0.3 is 10.2 Å². The smallest absolute Gasteiger partial charge is 0.249 e. The van der Waals surface area contributed by atoms with E-state index in [0.29, 0.717) is 17.2 Å². The van der Waals surface area contributed by atoms with Gasteiger partial charge in [-0.15, -0.1) is 5.10 Å². The van der Waals surface area contributed by atoms with Crippen LogP contribution in [0.4, 0.5) is 17.5 Å². The van der Waals surface area contributed by atoms with Crippen molar-refractivity contribution in [3.63, 3.8) is 0 Å². The number of nitrogens with zero attached hydrogens (tertiary/aromatic N) is 5. The second kappa shape index (κ2) is 7.93. The van der Waals surface area contributed by atoms with Gasteiger partial charge in [-0.2, -0.15) is 15.3 Å². The molecule has 0 unspecified atom stereocenters. The molecule has 1 heterocycles. The summed E-state index contributed by atoms with van der Waals surface area (Å²) in [5, 5.41) is 20.2. The van der Waals surface area contributed by atoms with Crippen molar-refractivity contribution in [2.75, 3.05) is 23.3 Å². The van der Waals surface area contributed by atoms with E-state index >= 15 is 0 Å². The molecule has 0 aliphatic rings. The molecule has 114 valence electrons. The summed E-state index contributed by atoms with van der Waals surface area (Å²) in [4.78, 5) is 6.70. The third-order valence-corrected chi connectivity index (χ3v) is 3.15. The van der Waals surface area contributed by atoms with E-state index in [0.717, 1.165) is 31.7 Å². The summed E-state index contributed by atoms with van der Waals surface area (Å²) in [6, 6.07) is 9.40. The third-order valence-electron chi connectivity index (χ3n) is 3.15. The van der Waals surface area contributed by atoms with Crippen molar-refractivity contribution >= 4 is 17.5 Å². The van der Waals surface area contributed by atoms with Gasteiger partial charge in [0, 0.05) is 13.1 Å². The van der Waals surface area contributed by atoms with Gasteiger partial charge in [-0.3, -0.25) is 0 Å². The van der Waals surface area contributed by atoms with Gasteiger partial charge >= 0.3 is 0 Å². The van der Waals surface area contributed by atoms with Crippen molar-refractivity contribution in [3.05, 3.63) is 36.0 Å². The van der Waals surface area contributed by atoms with Crippen LogP contribution >= 0.6 is 0 Å². The van der Waals surface area contributed by atoms with E-state index in [1.54, 1.807) is 12.3 Å². The summed E-state index contributed by atoms with van der Waals surface area (Å²) in [7, 11) is 0. The molecule has 0 aliphatic heterocycles. The van der Waals surface area contributed by atoms with Crippen molar-refractivity contribution in [3.8, 4) is 6.07 Å². The predicted octanol–water partition coefficient (Wildman–Crippen LogP) is 3.11. The minimum absolute atomic E-state index is 0.400.